The maximum Gasteiger partial charge on any atom is 0.119 e. The highest BCUT2D eigenvalue weighted by Gasteiger charge is 2.15. The number of ether oxygens (including phenoxy) is 2. The topological polar surface area (TPSA) is 50.7 Å². The van der Waals surface area contributed by atoms with E-state index in [1.54, 1.807) is 7.11 Å². The van der Waals surface area contributed by atoms with E-state index in [2.05, 4.69) is 5.32 Å². The van der Waals surface area contributed by atoms with Gasteiger partial charge in [0.2, 0.25) is 0 Å². The van der Waals surface area contributed by atoms with Crippen LogP contribution in [0.25, 0.3) is 0 Å². The second kappa shape index (κ2) is 7.24. The zero-order chi connectivity index (χ0) is 13.5. The van der Waals surface area contributed by atoms with Gasteiger partial charge >= 0.3 is 0 Å². The molecule has 2 atom stereocenters. The zero-order valence-electron chi connectivity index (χ0n) is 11.5. The fourth-order valence-corrected chi connectivity index (χ4v) is 1.63. The van der Waals surface area contributed by atoms with E-state index in [0.717, 1.165) is 11.5 Å². The average molecular weight is 253 g/mol. The molecule has 1 aromatic rings. The van der Waals surface area contributed by atoms with Crippen LogP contribution in [0.3, 0.4) is 0 Å². The van der Waals surface area contributed by atoms with E-state index in [1.165, 1.54) is 0 Å². The molecule has 2 N–H and O–H groups in total. The number of benzene rings is 1. The molecule has 0 saturated carbocycles. The second-order valence-electron chi connectivity index (χ2n) is 4.66. The Morgan fingerprint density at radius 3 is 2.17 bits per heavy atom. The lowest BCUT2D eigenvalue weighted by Crippen LogP contribution is -2.43. The molecule has 18 heavy (non-hydrogen) atoms. The summed E-state index contributed by atoms with van der Waals surface area (Å²) in [5, 5.41) is 13.2. The van der Waals surface area contributed by atoms with Crippen molar-refractivity contribution in [1.29, 1.82) is 0 Å². The molecule has 0 aromatic heterocycles. The molecule has 0 saturated heterocycles. The Labute approximate surface area is 109 Å². The molecule has 0 bridgehead atoms. The summed E-state index contributed by atoms with van der Waals surface area (Å²) in [5.74, 6) is 1.52. The summed E-state index contributed by atoms with van der Waals surface area (Å²) >= 11 is 0. The summed E-state index contributed by atoms with van der Waals surface area (Å²) in [4.78, 5) is 0. The van der Waals surface area contributed by atoms with Gasteiger partial charge in [0.25, 0.3) is 0 Å². The smallest absolute Gasteiger partial charge is 0.119 e. The first kappa shape index (κ1) is 14.8. The molecule has 0 radical (unpaired) electrons. The Bertz CT molecular complexity index is 337. The number of hydrogen-bond acceptors (Lipinski definition) is 4. The van der Waals surface area contributed by atoms with Crippen LogP contribution in [0.2, 0.25) is 0 Å². The van der Waals surface area contributed by atoms with Gasteiger partial charge in [-0.2, -0.15) is 0 Å². The van der Waals surface area contributed by atoms with Crippen molar-refractivity contribution in [3.8, 4) is 11.5 Å². The third-order valence-electron chi connectivity index (χ3n) is 2.65. The largest absolute Gasteiger partial charge is 0.497 e. The second-order valence-corrected chi connectivity index (χ2v) is 4.66. The molecule has 102 valence electrons. The van der Waals surface area contributed by atoms with Gasteiger partial charge < -0.3 is 19.9 Å². The lowest BCUT2D eigenvalue weighted by molar-refractivity contribution is 0.0759. The highest BCUT2D eigenvalue weighted by molar-refractivity contribution is 5.31. The van der Waals surface area contributed by atoms with Gasteiger partial charge in [0.1, 0.15) is 24.2 Å². The first-order valence-electron chi connectivity index (χ1n) is 6.24. The minimum Gasteiger partial charge on any atom is -0.497 e. The molecule has 4 heteroatoms. The van der Waals surface area contributed by atoms with Crippen LogP contribution in [-0.2, 0) is 0 Å². The molecule has 0 aliphatic rings. The number of rotatable bonds is 7. The van der Waals surface area contributed by atoms with E-state index in [4.69, 9.17) is 9.47 Å². The van der Waals surface area contributed by atoms with Gasteiger partial charge in [-0.25, -0.2) is 0 Å². The van der Waals surface area contributed by atoms with E-state index in [0.29, 0.717) is 6.04 Å². The molecule has 0 unspecified atom stereocenters. The molecule has 0 heterocycles. The van der Waals surface area contributed by atoms with Crippen LogP contribution in [-0.4, -0.2) is 37.0 Å². The van der Waals surface area contributed by atoms with Crippen molar-refractivity contribution in [1.82, 2.24) is 5.32 Å². The molecule has 0 spiro atoms. The standard InChI is InChI=1S/C14H23NO3/c1-10(2)15-11(3)14(16)9-18-13-7-5-12(17-4)6-8-13/h5-8,10-11,14-16H,9H2,1-4H3/t11-,14-/m1/s1. The van der Waals surface area contributed by atoms with Crippen molar-refractivity contribution in [2.75, 3.05) is 13.7 Å². The van der Waals surface area contributed by atoms with Crippen molar-refractivity contribution in [3.05, 3.63) is 24.3 Å². The molecule has 1 rings (SSSR count). The Hall–Kier alpha value is -1.26. The van der Waals surface area contributed by atoms with Crippen LogP contribution in [0.5, 0.6) is 11.5 Å². The first-order chi connectivity index (χ1) is 8.52. The first-order valence-corrected chi connectivity index (χ1v) is 6.24. The van der Waals surface area contributed by atoms with Crippen molar-refractivity contribution < 1.29 is 14.6 Å². The molecular weight excluding hydrogens is 230 g/mol. The van der Waals surface area contributed by atoms with Crippen LogP contribution in [0.1, 0.15) is 20.8 Å². The normalized spacial score (nSPS) is 14.3. The highest BCUT2D eigenvalue weighted by Crippen LogP contribution is 2.17. The summed E-state index contributed by atoms with van der Waals surface area (Å²) in [6.45, 7) is 6.32. The summed E-state index contributed by atoms with van der Waals surface area (Å²) in [6, 6.07) is 7.66. The maximum absolute atomic E-state index is 9.92. The monoisotopic (exact) mass is 253 g/mol. The number of hydrogen-bond donors (Lipinski definition) is 2. The van der Waals surface area contributed by atoms with Crippen LogP contribution in [0.4, 0.5) is 0 Å². The lowest BCUT2D eigenvalue weighted by Gasteiger charge is -2.22. The fraction of sp³-hybridized carbons (Fsp3) is 0.571. The van der Waals surface area contributed by atoms with Gasteiger partial charge in [-0.15, -0.1) is 0 Å². The van der Waals surface area contributed by atoms with E-state index < -0.39 is 6.10 Å². The van der Waals surface area contributed by atoms with E-state index in [-0.39, 0.29) is 12.6 Å². The highest BCUT2D eigenvalue weighted by atomic mass is 16.5. The molecule has 4 nitrogen and oxygen atoms in total. The quantitative estimate of drug-likeness (QED) is 0.778. The molecule has 0 amide bonds. The van der Waals surface area contributed by atoms with E-state index >= 15 is 0 Å². The number of nitrogens with one attached hydrogen (secondary N) is 1. The predicted octanol–water partition coefficient (Wildman–Crippen LogP) is 1.82. The number of methoxy groups -OCH3 is 1. The predicted molar refractivity (Wildman–Crippen MR) is 72.2 cm³/mol. The Morgan fingerprint density at radius 2 is 1.67 bits per heavy atom. The molecular formula is C14H23NO3. The summed E-state index contributed by atoms with van der Waals surface area (Å²) in [7, 11) is 1.62. The average Bonchev–Trinajstić information content (AvgIpc) is 2.35. The molecule has 0 fully saturated rings. The van der Waals surface area contributed by atoms with E-state index in [1.807, 2.05) is 45.0 Å². The van der Waals surface area contributed by atoms with Crippen LogP contribution in [0.15, 0.2) is 24.3 Å². The summed E-state index contributed by atoms with van der Waals surface area (Å²) in [5.41, 5.74) is 0. The number of aliphatic hydroxyl groups is 1. The third-order valence-corrected chi connectivity index (χ3v) is 2.65. The summed E-state index contributed by atoms with van der Waals surface area (Å²) < 4.78 is 10.6. The maximum atomic E-state index is 9.92. The van der Waals surface area contributed by atoms with Gasteiger partial charge in [0.15, 0.2) is 0 Å². The van der Waals surface area contributed by atoms with Gasteiger partial charge in [0, 0.05) is 12.1 Å². The third kappa shape index (κ3) is 4.94. The van der Waals surface area contributed by atoms with Crippen molar-refractivity contribution >= 4 is 0 Å². The fourth-order valence-electron chi connectivity index (χ4n) is 1.63. The Balaban J connectivity index is 2.39. The van der Waals surface area contributed by atoms with Crippen molar-refractivity contribution in [2.45, 2.75) is 39.0 Å². The van der Waals surface area contributed by atoms with Crippen LogP contribution < -0.4 is 14.8 Å². The SMILES string of the molecule is COc1ccc(OC[C@@H](O)[C@@H](C)NC(C)C)cc1. The van der Waals surface area contributed by atoms with Crippen molar-refractivity contribution in [2.24, 2.45) is 0 Å². The van der Waals surface area contributed by atoms with Crippen molar-refractivity contribution in [3.63, 3.8) is 0 Å². The van der Waals surface area contributed by atoms with Gasteiger partial charge in [0.05, 0.1) is 7.11 Å². The van der Waals surface area contributed by atoms with Crippen LogP contribution >= 0.6 is 0 Å². The minimum absolute atomic E-state index is 0.00301. The van der Waals surface area contributed by atoms with E-state index in [9.17, 15) is 5.11 Å². The lowest BCUT2D eigenvalue weighted by atomic mass is 10.2. The minimum atomic E-state index is -0.533. The Morgan fingerprint density at radius 1 is 1.11 bits per heavy atom. The number of aliphatic hydroxyl groups excluding tert-OH is 1. The van der Waals surface area contributed by atoms with Crippen LogP contribution in [0, 0.1) is 0 Å². The molecule has 0 aliphatic carbocycles. The molecule has 0 aliphatic heterocycles. The van der Waals surface area contributed by atoms with Gasteiger partial charge in [-0.05, 0) is 31.2 Å². The Kier molecular flexibility index (Phi) is 5.95. The van der Waals surface area contributed by atoms with Gasteiger partial charge in [-0.1, -0.05) is 13.8 Å². The summed E-state index contributed by atoms with van der Waals surface area (Å²) in [6.07, 6.45) is -0.533. The van der Waals surface area contributed by atoms with Gasteiger partial charge in [-0.3, -0.25) is 0 Å². The molecule has 1 aromatic carbocycles. The zero-order valence-corrected chi connectivity index (χ0v) is 11.5.